The number of amides is 1. The summed E-state index contributed by atoms with van der Waals surface area (Å²) in [5, 5.41) is 3.42. The van der Waals surface area contributed by atoms with E-state index in [1.807, 2.05) is 23.7 Å². The fourth-order valence-electron chi connectivity index (χ4n) is 2.92. The molecule has 0 spiro atoms. The minimum atomic E-state index is 0.359. The number of carbonyl (C=O) groups is 1. The molecule has 2 rings (SSSR count). The molecule has 104 valence electrons. The highest BCUT2D eigenvalue weighted by atomic mass is 32.2. The molecule has 18 heavy (non-hydrogen) atoms. The zero-order chi connectivity index (χ0) is 12.8. The summed E-state index contributed by atoms with van der Waals surface area (Å²) in [5.74, 6) is 4.15. The molecule has 2 aliphatic heterocycles. The van der Waals surface area contributed by atoms with Crippen molar-refractivity contribution in [2.24, 2.45) is 11.8 Å². The van der Waals surface area contributed by atoms with Crippen molar-refractivity contribution in [3.8, 4) is 0 Å². The van der Waals surface area contributed by atoms with Crippen LogP contribution in [0.4, 0.5) is 0 Å². The lowest BCUT2D eigenvalue weighted by Gasteiger charge is -2.29. The van der Waals surface area contributed by atoms with Crippen LogP contribution in [0.1, 0.15) is 32.1 Å². The first-order chi connectivity index (χ1) is 8.75. The first kappa shape index (κ1) is 14.2. The van der Waals surface area contributed by atoms with Gasteiger partial charge in [0.05, 0.1) is 0 Å². The summed E-state index contributed by atoms with van der Waals surface area (Å²) in [5.41, 5.74) is 0. The summed E-state index contributed by atoms with van der Waals surface area (Å²) in [4.78, 5) is 14.2. The van der Waals surface area contributed by atoms with E-state index >= 15 is 0 Å². The summed E-state index contributed by atoms with van der Waals surface area (Å²) < 4.78 is 0. The van der Waals surface area contributed by atoms with Gasteiger partial charge in [-0.15, -0.1) is 0 Å². The van der Waals surface area contributed by atoms with Gasteiger partial charge in [0.2, 0.25) is 5.91 Å². The second kappa shape index (κ2) is 7.39. The van der Waals surface area contributed by atoms with Gasteiger partial charge >= 0.3 is 0 Å². The molecule has 0 radical (unpaired) electrons. The zero-order valence-corrected chi connectivity index (χ0v) is 12.3. The third kappa shape index (κ3) is 4.47. The van der Waals surface area contributed by atoms with E-state index in [2.05, 4.69) is 5.32 Å². The van der Waals surface area contributed by atoms with Crippen LogP contribution >= 0.6 is 11.8 Å². The molecule has 2 saturated heterocycles. The Labute approximate surface area is 115 Å². The molecule has 1 amide bonds. The van der Waals surface area contributed by atoms with E-state index in [0.29, 0.717) is 17.7 Å². The fourth-order valence-corrected chi connectivity index (χ4v) is 4.13. The van der Waals surface area contributed by atoms with Gasteiger partial charge in [-0.3, -0.25) is 4.79 Å². The van der Waals surface area contributed by atoms with E-state index in [0.717, 1.165) is 26.1 Å². The van der Waals surface area contributed by atoms with Crippen molar-refractivity contribution in [1.82, 2.24) is 10.2 Å². The topological polar surface area (TPSA) is 32.3 Å². The minimum absolute atomic E-state index is 0.359. The summed E-state index contributed by atoms with van der Waals surface area (Å²) in [6, 6.07) is 0. The maximum atomic E-state index is 12.2. The maximum Gasteiger partial charge on any atom is 0.222 e. The van der Waals surface area contributed by atoms with Gasteiger partial charge in [0.15, 0.2) is 0 Å². The Morgan fingerprint density at radius 2 is 2.06 bits per heavy atom. The molecule has 1 atom stereocenters. The molecule has 0 aromatic rings. The summed E-state index contributed by atoms with van der Waals surface area (Å²) in [7, 11) is 1.98. The number of hydrogen-bond donors (Lipinski definition) is 1. The van der Waals surface area contributed by atoms with Gasteiger partial charge in [-0.1, -0.05) is 0 Å². The first-order valence-corrected chi connectivity index (χ1v) is 8.43. The lowest BCUT2D eigenvalue weighted by Crippen LogP contribution is -2.39. The van der Waals surface area contributed by atoms with Crippen molar-refractivity contribution in [3.05, 3.63) is 0 Å². The molecule has 2 fully saturated rings. The predicted octanol–water partition coefficient (Wildman–Crippen LogP) is 1.98. The average Bonchev–Trinajstić information content (AvgIpc) is 2.41. The highest BCUT2D eigenvalue weighted by Crippen LogP contribution is 2.25. The van der Waals surface area contributed by atoms with Crippen LogP contribution in [0, 0.1) is 11.8 Å². The van der Waals surface area contributed by atoms with E-state index in [4.69, 9.17) is 0 Å². The van der Waals surface area contributed by atoms with Gasteiger partial charge in [-0.05, 0) is 62.1 Å². The second-order valence-corrected chi connectivity index (χ2v) is 6.97. The van der Waals surface area contributed by atoms with Crippen molar-refractivity contribution >= 4 is 17.7 Å². The Balaban J connectivity index is 1.69. The van der Waals surface area contributed by atoms with Crippen LogP contribution in [0.5, 0.6) is 0 Å². The van der Waals surface area contributed by atoms with Crippen LogP contribution in [-0.4, -0.2) is 49.0 Å². The third-order valence-electron chi connectivity index (χ3n) is 4.16. The van der Waals surface area contributed by atoms with Gasteiger partial charge in [-0.2, -0.15) is 11.8 Å². The normalized spacial score (nSPS) is 25.9. The first-order valence-electron chi connectivity index (χ1n) is 7.28. The standard InChI is InChI=1S/C14H26N2OS/c1-16(11-13-3-2-6-15-10-13)14(17)9-12-4-7-18-8-5-12/h12-13,15H,2-11H2,1H3. The number of thioether (sulfide) groups is 1. The molecule has 0 aromatic heterocycles. The van der Waals surface area contributed by atoms with E-state index < -0.39 is 0 Å². The lowest BCUT2D eigenvalue weighted by atomic mass is 9.96. The zero-order valence-electron chi connectivity index (χ0n) is 11.5. The van der Waals surface area contributed by atoms with Crippen LogP contribution in [0.3, 0.4) is 0 Å². The Hall–Kier alpha value is -0.220. The van der Waals surface area contributed by atoms with Gasteiger partial charge in [-0.25, -0.2) is 0 Å². The molecule has 1 N–H and O–H groups in total. The molecule has 3 nitrogen and oxygen atoms in total. The molecule has 2 aliphatic rings. The number of nitrogens with one attached hydrogen (secondary N) is 1. The third-order valence-corrected chi connectivity index (χ3v) is 5.21. The Kier molecular flexibility index (Phi) is 5.83. The molecule has 2 heterocycles. The SMILES string of the molecule is CN(CC1CCCNC1)C(=O)CC1CCSCC1. The smallest absolute Gasteiger partial charge is 0.222 e. The van der Waals surface area contributed by atoms with Crippen LogP contribution in [0.2, 0.25) is 0 Å². The van der Waals surface area contributed by atoms with E-state index in [-0.39, 0.29) is 0 Å². The maximum absolute atomic E-state index is 12.2. The largest absolute Gasteiger partial charge is 0.345 e. The molecule has 0 saturated carbocycles. The Bertz CT molecular complexity index is 261. The van der Waals surface area contributed by atoms with Gasteiger partial charge in [0.25, 0.3) is 0 Å². The highest BCUT2D eigenvalue weighted by molar-refractivity contribution is 7.99. The number of piperidine rings is 1. The van der Waals surface area contributed by atoms with Crippen molar-refractivity contribution in [3.63, 3.8) is 0 Å². The minimum Gasteiger partial charge on any atom is -0.345 e. The Morgan fingerprint density at radius 1 is 1.28 bits per heavy atom. The molecule has 1 unspecified atom stereocenters. The summed E-state index contributed by atoms with van der Waals surface area (Å²) >= 11 is 2.03. The Morgan fingerprint density at radius 3 is 2.72 bits per heavy atom. The average molecular weight is 270 g/mol. The van der Waals surface area contributed by atoms with E-state index in [1.54, 1.807) is 0 Å². The van der Waals surface area contributed by atoms with Crippen molar-refractivity contribution in [2.45, 2.75) is 32.1 Å². The van der Waals surface area contributed by atoms with Crippen LogP contribution in [-0.2, 0) is 4.79 Å². The summed E-state index contributed by atoms with van der Waals surface area (Å²) in [6.07, 6.45) is 5.76. The molecule has 0 bridgehead atoms. The van der Waals surface area contributed by atoms with Crippen LogP contribution in [0.25, 0.3) is 0 Å². The van der Waals surface area contributed by atoms with Crippen molar-refractivity contribution in [2.75, 3.05) is 38.2 Å². The van der Waals surface area contributed by atoms with Crippen LogP contribution in [0.15, 0.2) is 0 Å². The fraction of sp³-hybridized carbons (Fsp3) is 0.929. The summed E-state index contributed by atoms with van der Waals surface area (Å²) in [6.45, 7) is 3.17. The predicted molar refractivity (Wildman–Crippen MR) is 77.9 cm³/mol. The molecular formula is C14H26N2OS. The lowest BCUT2D eigenvalue weighted by molar-refractivity contribution is -0.131. The van der Waals surface area contributed by atoms with Crippen molar-refractivity contribution in [1.29, 1.82) is 0 Å². The number of carbonyl (C=O) groups excluding carboxylic acids is 1. The van der Waals surface area contributed by atoms with E-state index in [1.165, 1.54) is 37.2 Å². The number of nitrogens with zero attached hydrogens (tertiary/aromatic N) is 1. The van der Waals surface area contributed by atoms with Crippen LogP contribution < -0.4 is 5.32 Å². The molecule has 0 aliphatic carbocycles. The quantitative estimate of drug-likeness (QED) is 0.848. The van der Waals surface area contributed by atoms with E-state index in [9.17, 15) is 4.79 Å². The second-order valence-electron chi connectivity index (χ2n) is 5.75. The molecular weight excluding hydrogens is 244 g/mol. The van der Waals surface area contributed by atoms with Gasteiger partial charge in [0, 0.05) is 20.0 Å². The number of rotatable bonds is 4. The van der Waals surface area contributed by atoms with Crippen molar-refractivity contribution < 1.29 is 4.79 Å². The number of hydrogen-bond acceptors (Lipinski definition) is 3. The van der Waals surface area contributed by atoms with Gasteiger partial charge < -0.3 is 10.2 Å². The highest BCUT2D eigenvalue weighted by Gasteiger charge is 2.22. The molecule has 0 aromatic carbocycles. The van der Waals surface area contributed by atoms with Gasteiger partial charge in [0.1, 0.15) is 0 Å². The monoisotopic (exact) mass is 270 g/mol. The molecule has 4 heteroatoms.